The van der Waals surface area contributed by atoms with Crippen molar-refractivity contribution in [3.63, 3.8) is 0 Å². The van der Waals surface area contributed by atoms with Crippen LogP contribution in [0.2, 0.25) is 10.0 Å². The maximum atomic E-state index is 13.3. The number of aromatic nitrogens is 1. The van der Waals surface area contributed by atoms with Crippen LogP contribution in [0.5, 0.6) is 0 Å². The fraction of sp³-hybridized carbons (Fsp3) is 0.300. The summed E-state index contributed by atoms with van der Waals surface area (Å²) in [6.45, 7) is 4.41. The third-order valence-electron chi connectivity index (χ3n) is 4.68. The number of ether oxygens (including phenoxy) is 1. The van der Waals surface area contributed by atoms with Crippen LogP contribution in [0.25, 0.3) is 10.2 Å². The molecule has 2 heterocycles. The van der Waals surface area contributed by atoms with Gasteiger partial charge >= 0.3 is 0 Å². The molecule has 0 spiro atoms. The molecule has 0 radical (unpaired) electrons. The van der Waals surface area contributed by atoms with Crippen molar-refractivity contribution in [3.8, 4) is 0 Å². The molecule has 5 nitrogen and oxygen atoms in total. The van der Waals surface area contributed by atoms with Crippen molar-refractivity contribution >= 4 is 55.8 Å². The van der Waals surface area contributed by atoms with Crippen molar-refractivity contribution in [3.05, 3.63) is 58.1 Å². The van der Waals surface area contributed by atoms with Gasteiger partial charge in [-0.25, -0.2) is 4.98 Å². The predicted molar refractivity (Wildman–Crippen MR) is 115 cm³/mol. The van der Waals surface area contributed by atoms with E-state index in [-0.39, 0.29) is 5.91 Å². The summed E-state index contributed by atoms with van der Waals surface area (Å²) >= 11 is 14.0. The SMILES string of the molecule is O=C(c1ccccc1Cl)N(CCN1CCOCC1)c1nc2c(Cl)cccc2s1. The lowest BCUT2D eigenvalue weighted by Gasteiger charge is -2.29. The van der Waals surface area contributed by atoms with E-state index in [0.29, 0.717) is 32.8 Å². The molecule has 4 rings (SSSR count). The Morgan fingerprint density at radius 3 is 2.61 bits per heavy atom. The van der Waals surface area contributed by atoms with Gasteiger partial charge in [0.2, 0.25) is 0 Å². The molecule has 1 fully saturated rings. The largest absolute Gasteiger partial charge is 0.379 e. The number of morpholine rings is 1. The standard InChI is InChI=1S/C20H19Cl2N3O2S/c21-15-5-2-1-4-14(15)19(26)25(9-8-24-10-12-27-13-11-24)20-23-18-16(22)6-3-7-17(18)28-20/h1-7H,8-13H2. The first-order valence-corrected chi connectivity index (χ1v) is 10.6. The van der Waals surface area contributed by atoms with Crippen LogP contribution in [-0.4, -0.2) is 55.2 Å². The van der Waals surface area contributed by atoms with Gasteiger partial charge in [-0.2, -0.15) is 0 Å². The number of hydrogen-bond acceptors (Lipinski definition) is 5. The number of carbonyl (C=O) groups excluding carboxylic acids is 1. The molecule has 8 heteroatoms. The highest BCUT2D eigenvalue weighted by Gasteiger charge is 2.24. The smallest absolute Gasteiger partial charge is 0.261 e. The number of fused-ring (bicyclic) bond motifs is 1. The van der Waals surface area contributed by atoms with Crippen molar-refractivity contribution in [1.82, 2.24) is 9.88 Å². The Labute approximate surface area is 177 Å². The lowest BCUT2D eigenvalue weighted by molar-refractivity contribution is 0.0391. The van der Waals surface area contributed by atoms with Gasteiger partial charge in [-0.05, 0) is 24.3 Å². The molecule has 1 amide bonds. The van der Waals surface area contributed by atoms with Crippen LogP contribution in [0.15, 0.2) is 42.5 Å². The highest BCUT2D eigenvalue weighted by atomic mass is 35.5. The van der Waals surface area contributed by atoms with Crippen LogP contribution >= 0.6 is 34.5 Å². The van der Waals surface area contributed by atoms with Crippen LogP contribution < -0.4 is 4.90 Å². The maximum Gasteiger partial charge on any atom is 0.261 e. The molecular formula is C20H19Cl2N3O2S. The van der Waals surface area contributed by atoms with Crippen LogP contribution in [0, 0.1) is 0 Å². The normalized spacial score (nSPS) is 15.1. The molecule has 0 aliphatic carbocycles. The van der Waals surface area contributed by atoms with Crippen molar-refractivity contribution < 1.29 is 9.53 Å². The first-order chi connectivity index (χ1) is 13.6. The van der Waals surface area contributed by atoms with Gasteiger partial charge in [0.05, 0.1) is 33.5 Å². The van der Waals surface area contributed by atoms with Gasteiger partial charge in [0.1, 0.15) is 5.52 Å². The van der Waals surface area contributed by atoms with E-state index < -0.39 is 0 Å². The highest BCUT2D eigenvalue weighted by Crippen LogP contribution is 2.34. The number of amides is 1. The molecule has 1 aromatic heterocycles. The number of para-hydroxylation sites is 1. The summed E-state index contributed by atoms with van der Waals surface area (Å²) in [5, 5.41) is 1.64. The van der Waals surface area contributed by atoms with E-state index in [2.05, 4.69) is 9.88 Å². The summed E-state index contributed by atoms with van der Waals surface area (Å²) in [5.74, 6) is -0.158. The molecule has 1 aliphatic heterocycles. The molecule has 0 atom stereocenters. The molecule has 1 saturated heterocycles. The summed E-state index contributed by atoms with van der Waals surface area (Å²) in [4.78, 5) is 22.0. The van der Waals surface area contributed by atoms with E-state index in [4.69, 9.17) is 27.9 Å². The predicted octanol–water partition coefficient (Wildman–Crippen LogP) is 4.58. The van der Waals surface area contributed by atoms with Crippen LogP contribution in [0.1, 0.15) is 10.4 Å². The molecule has 0 bridgehead atoms. The lowest BCUT2D eigenvalue weighted by Crippen LogP contribution is -2.43. The second kappa shape index (κ2) is 8.76. The van der Waals surface area contributed by atoms with Crippen LogP contribution in [0.3, 0.4) is 0 Å². The zero-order chi connectivity index (χ0) is 19.5. The number of halogens is 2. The Balaban J connectivity index is 1.66. The molecule has 3 aromatic rings. The Bertz CT molecular complexity index is 988. The summed E-state index contributed by atoms with van der Waals surface area (Å²) in [7, 11) is 0. The van der Waals surface area contributed by atoms with Gasteiger partial charge in [0.25, 0.3) is 5.91 Å². The molecule has 0 unspecified atom stereocenters. The average Bonchev–Trinajstić information content (AvgIpc) is 3.14. The Hall–Kier alpha value is -1.70. The van der Waals surface area contributed by atoms with E-state index >= 15 is 0 Å². The fourth-order valence-corrected chi connectivity index (χ4v) is 4.66. The number of hydrogen-bond donors (Lipinski definition) is 0. The van der Waals surface area contributed by atoms with Crippen LogP contribution in [0.4, 0.5) is 5.13 Å². The number of thiazole rings is 1. The highest BCUT2D eigenvalue weighted by molar-refractivity contribution is 7.22. The monoisotopic (exact) mass is 435 g/mol. The van der Waals surface area contributed by atoms with E-state index in [0.717, 1.165) is 37.5 Å². The zero-order valence-electron chi connectivity index (χ0n) is 15.1. The van der Waals surface area contributed by atoms with Crippen molar-refractivity contribution in [1.29, 1.82) is 0 Å². The van der Waals surface area contributed by atoms with Gasteiger partial charge in [0.15, 0.2) is 5.13 Å². The second-order valence-electron chi connectivity index (χ2n) is 6.47. The molecule has 0 N–H and O–H groups in total. The van der Waals surface area contributed by atoms with E-state index in [9.17, 15) is 4.79 Å². The molecule has 1 aliphatic rings. The third kappa shape index (κ3) is 4.16. The molecular weight excluding hydrogens is 417 g/mol. The summed E-state index contributed by atoms with van der Waals surface area (Å²) in [6.07, 6.45) is 0. The molecule has 28 heavy (non-hydrogen) atoms. The topological polar surface area (TPSA) is 45.7 Å². The Morgan fingerprint density at radius 1 is 1.11 bits per heavy atom. The summed E-state index contributed by atoms with van der Waals surface area (Å²) in [6, 6.07) is 12.8. The summed E-state index contributed by atoms with van der Waals surface area (Å²) in [5.41, 5.74) is 1.18. The lowest BCUT2D eigenvalue weighted by atomic mass is 10.2. The van der Waals surface area contributed by atoms with Crippen LogP contribution in [-0.2, 0) is 4.74 Å². The minimum atomic E-state index is -0.158. The van der Waals surface area contributed by atoms with Crippen molar-refractivity contribution in [2.75, 3.05) is 44.3 Å². The number of nitrogens with zero attached hydrogens (tertiary/aromatic N) is 3. The first kappa shape index (κ1) is 19.6. The molecule has 146 valence electrons. The maximum absolute atomic E-state index is 13.3. The van der Waals surface area contributed by atoms with E-state index in [1.54, 1.807) is 23.1 Å². The number of benzene rings is 2. The Morgan fingerprint density at radius 2 is 1.86 bits per heavy atom. The van der Waals surface area contributed by atoms with Gasteiger partial charge in [0, 0.05) is 26.2 Å². The van der Waals surface area contributed by atoms with Gasteiger partial charge in [-0.1, -0.05) is 52.7 Å². The zero-order valence-corrected chi connectivity index (χ0v) is 17.4. The van der Waals surface area contributed by atoms with Crippen molar-refractivity contribution in [2.45, 2.75) is 0 Å². The fourth-order valence-electron chi connectivity index (χ4n) is 3.15. The van der Waals surface area contributed by atoms with E-state index in [1.807, 2.05) is 24.3 Å². The second-order valence-corrected chi connectivity index (χ2v) is 8.30. The van der Waals surface area contributed by atoms with Crippen molar-refractivity contribution in [2.24, 2.45) is 0 Å². The molecule has 2 aromatic carbocycles. The quantitative estimate of drug-likeness (QED) is 0.588. The average molecular weight is 436 g/mol. The first-order valence-electron chi connectivity index (χ1n) is 9.05. The Kier molecular flexibility index (Phi) is 6.13. The van der Waals surface area contributed by atoms with Gasteiger partial charge in [-0.15, -0.1) is 0 Å². The summed E-state index contributed by atoms with van der Waals surface area (Å²) < 4.78 is 6.36. The van der Waals surface area contributed by atoms with Gasteiger partial charge in [-0.3, -0.25) is 14.6 Å². The third-order valence-corrected chi connectivity index (χ3v) is 6.36. The number of anilines is 1. The minimum Gasteiger partial charge on any atom is -0.379 e. The van der Waals surface area contributed by atoms with E-state index in [1.165, 1.54) is 11.3 Å². The minimum absolute atomic E-state index is 0.158. The number of carbonyl (C=O) groups is 1. The molecule has 0 saturated carbocycles. The number of rotatable bonds is 5. The van der Waals surface area contributed by atoms with Gasteiger partial charge < -0.3 is 4.74 Å².